The molecule has 346 valence electrons. The van der Waals surface area contributed by atoms with E-state index >= 15 is 8.42 Å². The van der Waals surface area contributed by atoms with Crippen molar-refractivity contribution >= 4 is 32.9 Å². The minimum absolute atomic E-state index is 0.0169. The summed E-state index contributed by atoms with van der Waals surface area (Å²) in [5.41, 5.74) is 2.91. The van der Waals surface area contributed by atoms with E-state index in [-0.39, 0.29) is 48.9 Å². The second kappa shape index (κ2) is 20.6. The average Bonchev–Trinajstić information content (AvgIpc) is 3.33. The van der Waals surface area contributed by atoms with Crippen LogP contribution in [0.2, 0.25) is 0 Å². The molecule has 65 heavy (non-hydrogen) atoms. The number of aromatic nitrogens is 1. The third-order valence-corrected chi connectivity index (χ3v) is 15.2. The molecule has 15 heteroatoms. The van der Waals surface area contributed by atoms with Gasteiger partial charge in [0.05, 0.1) is 49.1 Å². The van der Waals surface area contributed by atoms with Crippen LogP contribution in [-0.2, 0) is 24.3 Å². The van der Waals surface area contributed by atoms with Crippen molar-refractivity contribution in [3.63, 3.8) is 0 Å². The van der Waals surface area contributed by atoms with Crippen LogP contribution in [0.5, 0.6) is 23.0 Å². The number of methoxy groups -OCH3 is 1. The van der Waals surface area contributed by atoms with Crippen molar-refractivity contribution < 1.29 is 51.9 Å². The maximum Gasteiger partial charge on any atom is 0.245 e. The number of hydrogen-bond acceptors (Lipinski definition) is 13. The number of benzene rings is 3. The predicted molar refractivity (Wildman–Crippen MR) is 245 cm³/mol. The zero-order chi connectivity index (χ0) is 45.6. The smallest absolute Gasteiger partial charge is 0.245 e. The Hall–Kier alpha value is -5.16. The normalized spacial score (nSPS) is 25.6. The van der Waals surface area contributed by atoms with Crippen molar-refractivity contribution in [2.45, 2.75) is 93.1 Å². The van der Waals surface area contributed by atoms with Gasteiger partial charge in [0, 0.05) is 56.2 Å². The lowest BCUT2D eigenvalue weighted by Gasteiger charge is -2.59. The molecule has 2 aliphatic carbocycles. The number of hydrogen-bond donors (Lipinski definition) is 2. The van der Waals surface area contributed by atoms with Crippen LogP contribution in [0.15, 0.2) is 107 Å². The highest BCUT2D eigenvalue weighted by Crippen LogP contribution is 2.62. The topological polar surface area (TPSA) is 176 Å². The molecule has 2 aliphatic heterocycles. The van der Waals surface area contributed by atoms with Crippen LogP contribution >= 0.6 is 0 Å². The van der Waals surface area contributed by atoms with Crippen LogP contribution in [0.25, 0.3) is 10.9 Å². The molecule has 4 aliphatic rings. The van der Waals surface area contributed by atoms with Gasteiger partial charge in [0.2, 0.25) is 22.1 Å². The van der Waals surface area contributed by atoms with Crippen LogP contribution in [-0.4, -0.2) is 98.6 Å². The van der Waals surface area contributed by atoms with Crippen molar-refractivity contribution in [1.82, 2.24) is 9.29 Å². The number of pyridine rings is 1. The van der Waals surface area contributed by atoms with Gasteiger partial charge in [-0.05, 0) is 104 Å². The fraction of sp³-hybridized carbons (Fsp3) is 0.460. The molecule has 4 aromatic rings. The first-order chi connectivity index (χ1) is 31.7. The molecule has 1 saturated carbocycles. The number of sulfonamides is 1. The summed E-state index contributed by atoms with van der Waals surface area (Å²) in [5.74, 6) is -0.846. The van der Waals surface area contributed by atoms with Gasteiger partial charge in [-0.2, -0.15) is 4.31 Å². The largest absolute Gasteiger partial charge is 0.496 e. The number of aldehydes is 1. The average molecular weight is 910 g/mol. The van der Waals surface area contributed by atoms with Crippen molar-refractivity contribution in [3.8, 4) is 23.0 Å². The molecular weight excluding hydrogens is 851 g/mol. The summed E-state index contributed by atoms with van der Waals surface area (Å²) in [6.07, 6.45) is 12.4. The molecule has 8 rings (SSSR count). The Morgan fingerprint density at radius 1 is 1.00 bits per heavy atom. The van der Waals surface area contributed by atoms with Gasteiger partial charge in [-0.3, -0.25) is 9.78 Å². The minimum atomic E-state index is -4.31. The van der Waals surface area contributed by atoms with Crippen molar-refractivity contribution in [1.29, 1.82) is 0 Å². The number of para-hydroxylation sites is 1. The Kier molecular flexibility index (Phi) is 14.7. The molecule has 1 aromatic heterocycles. The number of oxime groups is 1. The number of aliphatic hydroxyl groups is 2. The van der Waals surface area contributed by atoms with E-state index in [0.717, 1.165) is 55.9 Å². The van der Waals surface area contributed by atoms with Gasteiger partial charge in [0.15, 0.2) is 6.29 Å². The monoisotopic (exact) mass is 909 g/mol. The molecule has 0 spiro atoms. The molecule has 7 unspecified atom stereocenters. The lowest BCUT2D eigenvalue weighted by atomic mass is 9.55. The predicted octanol–water partition coefficient (Wildman–Crippen LogP) is 8.33. The van der Waals surface area contributed by atoms with Crippen LogP contribution in [0.4, 0.5) is 0 Å². The number of nitrogens with zero attached hydrogens (tertiary/aromatic N) is 3. The number of carbonyl (C=O) groups excluding carboxylic acids is 1. The van der Waals surface area contributed by atoms with Crippen LogP contribution in [0.3, 0.4) is 0 Å². The van der Waals surface area contributed by atoms with Crippen LogP contribution in [0, 0.1) is 17.8 Å². The number of rotatable bonds is 20. The van der Waals surface area contributed by atoms with E-state index in [0.29, 0.717) is 71.0 Å². The number of aliphatic hydroxyl groups excluding tert-OH is 2. The lowest BCUT2D eigenvalue weighted by molar-refractivity contribution is -0.250. The summed E-state index contributed by atoms with van der Waals surface area (Å²) in [7, 11) is -1.25. The van der Waals surface area contributed by atoms with Gasteiger partial charge in [-0.1, -0.05) is 48.3 Å². The highest BCUT2D eigenvalue weighted by atomic mass is 32.2. The standard InChI is InChI=1S/C50H59N3O11S/c1-4-26-61-50-45(53(2)65(57,58)44-17-11-14-33-15-12-23-51-49(33)44)31-41(52-64-46-18-7-10-27-60-46)39-29-34(13-5-8-24-54)38(16-6-9-25-55)47(48(39)50)40-30-37(20-22-43(40)63-50)62-36-19-21-42(59-3)35(28-36)32-56/h4,11-12,14-15,17,19-23,28-30,32,34,38,45-48,54-55H,1,5-10,13,16,18,24-27,31H2,2-3H3. The van der Waals surface area contributed by atoms with Crippen molar-refractivity contribution in [2.75, 3.05) is 40.6 Å². The number of allylic oxidation sites excluding steroid dienone is 1. The molecule has 7 atom stereocenters. The summed E-state index contributed by atoms with van der Waals surface area (Å²) in [5, 5.41) is 25.5. The summed E-state index contributed by atoms with van der Waals surface area (Å²) in [6, 6.07) is 18.3. The van der Waals surface area contributed by atoms with Gasteiger partial charge in [0.1, 0.15) is 27.9 Å². The third kappa shape index (κ3) is 9.32. The van der Waals surface area contributed by atoms with E-state index in [2.05, 4.69) is 17.6 Å². The van der Waals surface area contributed by atoms with Crippen LogP contribution in [0.1, 0.15) is 86.0 Å². The Morgan fingerprint density at radius 2 is 1.78 bits per heavy atom. The van der Waals surface area contributed by atoms with E-state index in [4.69, 9.17) is 33.7 Å². The van der Waals surface area contributed by atoms with E-state index < -0.39 is 34.1 Å². The Balaban J connectivity index is 1.34. The van der Waals surface area contributed by atoms with Gasteiger partial charge in [0.25, 0.3) is 0 Å². The number of unbranched alkanes of at least 4 members (excludes halogenated alkanes) is 2. The van der Waals surface area contributed by atoms with Crippen molar-refractivity contribution in [2.24, 2.45) is 22.9 Å². The molecule has 3 heterocycles. The third-order valence-electron chi connectivity index (χ3n) is 13.3. The Morgan fingerprint density at radius 3 is 2.54 bits per heavy atom. The summed E-state index contributed by atoms with van der Waals surface area (Å²) in [4.78, 5) is 22.8. The van der Waals surface area contributed by atoms with Gasteiger partial charge in [-0.25, -0.2) is 8.42 Å². The molecule has 2 N–H and O–H groups in total. The number of ether oxygens (including phenoxy) is 5. The summed E-state index contributed by atoms with van der Waals surface area (Å²) >= 11 is 0. The molecule has 2 fully saturated rings. The maximum atomic E-state index is 15.2. The van der Waals surface area contributed by atoms with E-state index in [9.17, 15) is 15.0 Å². The molecule has 0 amide bonds. The van der Waals surface area contributed by atoms with E-state index in [1.54, 1.807) is 61.8 Å². The molecule has 0 radical (unpaired) electrons. The zero-order valence-electron chi connectivity index (χ0n) is 37.0. The minimum Gasteiger partial charge on any atom is -0.496 e. The van der Waals surface area contributed by atoms with Crippen molar-refractivity contribution in [3.05, 3.63) is 108 Å². The van der Waals surface area contributed by atoms with Crippen LogP contribution < -0.4 is 14.2 Å². The molecular formula is C50H59N3O11S. The molecule has 3 aromatic carbocycles. The fourth-order valence-electron chi connectivity index (χ4n) is 10.3. The number of likely N-dealkylation sites (N-methyl/N-ethyl adjacent to an activating group) is 1. The number of carbonyl (C=O) groups is 1. The second-order valence-electron chi connectivity index (χ2n) is 17.2. The molecule has 0 bridgehead atoms. The molecule has 14 nitrogen and oxygen atoms in total. The van der Waals surface area contributed by atoms with Gasteiger partial charge >= 0.3 is 0 Å². The first-order valence-electron chi connectivity index (χ1n) is 22.7. The Labute approximate surface area is 380 Å². The summed E-state index contributed by atoms with van der Waals surface area (Å²) < 4.78 is 63.9. The first-order valence-corrected chi connectivity index (χ1v) is 24.1. The fourth-order valence-corrected chi connectivity index (χ4v) is 11.8. The number of fused-ring (bicyclic) bond motifs is 3. The van der Waals surface area contributed by atoms with Gasteiger partial charge < -0.3 is 38.7 Å². The molecule has 1 saturated heterocycles. The lowest BCUT2D eigenvalue weighted by Crippen LogP contribution is -2.69. The maximum absolute atomic E-state index is 15.2. The zero-order valence-corrected chi connectivity index (χ0v) is 37.9. The first kappa shape index (κ1) is 46.4. The van der Waals surface area contributed by atoms with E-state index in [1.165, 1.54) is 11.4 Å². The van der Waals surface area contributed by atoms with E-state index in [1.807, 2.05) is 24.3 Å². The summed E-state index contributed by atoms with van der Waals surface area (Å²) in [6.45, 7) is 4.69. The van der Waals surface area contributed by atoms with Gasteiger partial charge in [-0.15, -0.1) is 6.58 Å². The second-order valence-corrected chi connectivity index (χ2v) is 19.1. The SMILES string of the molecule is C=CCOC12Oc3ccc(Oc4ccc(OC)c(C=O)c4)cc3C3C(CCCCO)C(CCCCO)C=C(C(=NOC4CCCCO4)CC1N(C)S(=O)(=O)c1cccc4cccnc14)C32. The highest BCUT2D eigenvalue weighted by molar-refractivity contribution is 7.89. The quantitative estimate of drug-likeness (QED) is 0.0376. The highest BCUT2D eigenvalue weighted by Gasteiger charge is 2.66. The Bertz CT molecular complexity index is 2500.